The average molecular weight is 313 g/mol. The summed E-state index contributed by atoms with van der Waals surface area (Å²) in [4.78, 5) is 0. The number of halogens is 1. The van der Waals surface area contributed by atoms with Gasteiger partial charge < -0.3 is 10.6 Å². The maximum Gasteiger partial charge on any atom is 0.155 e. The summed E-state index contributed by atoms with van der Waals surface area (Å²) in [5.74, 6) is 1.76. The average Bonchev–Trinajstić information content (AvgIpc) is 3.27. The van der Waals surface area contributed by atoms with Crippen molar-refractivity contribution in [3.8, 4) is 0 Å². The molecule has 0 unspecified atom stereocenters. The van der Waals surface area contributed by atoms with E-state index in [0.717, 1.165) is 40.6 Å². The summed E-state index contributed by atoms with van der Waals surface area (Å²) in [6.07, 6.45) is 2.67. The Balaban J connectivity index is 1.57. The molecule has 1 fully saturated rings. The van der Waals surface area contributed by atoms with Crippen molar-refractivity contribution < 1.29 is 0 Å². The van der Waals surface area contributed by atoms with Gasteiger partial charge in [-0.15, -0.1) is 0 Å². The minimum Gasteiger partial charge on any atom is -0.368 e. The lowest BCUT2D eigenvalue weighted by Crippen LogP contribution is -2.03. The fourth-order valence-corrected chi connectivity index (χ4v) is 2.70. The highest BCUT2D eigenvalue weighted by Crippen LogP contribution is 2.31. The number of anilines is 3. The first-order valence-corrected chi connectivity index (χ1v) is 7.91. The molecule has 1 saturated carbocycles. The van der Waals surface area contributed by atoms with Gasteiger partial charge in [0.15, 0.2) is 5.82 Å². The van der Waals surface area contributed by atoms with Crippen LogP contribution in [0.3, 0.4) is 0 Å². The van der Waals surface area contributed by atoms with Gasteiger partial charge in [0.05, 0.1) is 16.2 Å². The predicted octanol–water partition coefficient (Wildman–Crippen LogP) is 4.78. The number of benzene rings is 2. The zero-order valence-electron chi connectivity index (χ0n) is 12.1. The molecule has 0 saturated heterocycles. The van der Waals surface area contributed by atoms with E-state index in [1.807, 2.05) is 36.4 Å². The van der Waals surface area contributed by atoms with Gasteiger partial charge in [0.25, 0.3) is 0 Å². The molecule has 3 N–H and O–H groups in total. The van der Waals surface area contributed by atoms with E-state index in [-0.39, 0.29) is 0 Å². The van der Waals surface area contributed by atoms with Crippen LogP contribution in [-0.4, -0.2) is 16.7 Å². The van der Waals surface area contributed by atoms with Gasteiger partial charge >= 0.3 is 0 Å². The highest BCUT2D eigenvalue weighted by molar-refractivity contribution is 6.33. The number of nitrogens with one attached hydrogen (secondary N) is 3. The zero-order chi connectivity index (χ0) is 14.9. The van der Waals surface area contributed by atoms with Crippen LogP contribution in [0.2, 0.25) is 5.02 Å². The van der Waals surface area contributed by atoms with Crippen molar-refractivity contribution in [3.63, 3.8) is 0 Å². The first-order valence-electron chi connectivity index (χ1n) is 7.53. The molecule has 4 nitrogen and oxygen atoms in total. The van der Waals surface area contributed by atoms with Crippen molar-refractivity contribution in [1.82, 2.24) is 10.2 Å². The molecule has 0 atom stereocenters. The minimum absolute atomic E-state index is 0.707. The van der Waals surface area contributed by atoms with Crippen molar-refractivity contribution in [1.29, 1.82) is 0 Å². The third kappa shape index (κ3) is 2.74. The van der Waals surface area contributed by atoms with Crippen molar-refractivity contribution in [3.05, 3.63) is 47.5 Å². The van der Waals surface area contributed by atoms with Crippen molar-refractivity contribution in [2.24, 2.45) is 5.92 Å². The largest absolute Gasteiger partial charge is 0.368 e. The number of fused-ring (bicyclic) bond motifs is 1. The van der Waals surface area contributed by atoms with Gasteiger partial charge in [-0.05, 0) is 49.1 Å². The Hall–Kier alpha value is -2.20. The molecule has 0 bridgehead atoms. The van der Waals surface area contributed by atoms with E-state index in [0.29, 0.717) is 5.02 Å². The maximum atomic E-state index is 6.18. The molecular weight excluding hydrogens is 296 g/mol. The molecule has 1 aliphatic rings. The zero-order valence-corrected chi connectivity index (χ0v) is 12.8. The normalized spacial score (nSPS) is 14.2. The van der Waals surface area contributed by atoms with Gasteiger partial charge in [0.1, 0.15) is 0 Å². The number of nitrogens with zero attached hydrogens (tertiary/aromatic N) is 1. The number of para-hydroxylation sites is 1. The summed E-state index contributed by atoms with van der Waals surface area (Å²) in [6, 6.07) is 13.9. The van der Waals surface area contributed by atoms with E-state index < -0.39 is 0 Å². The van der Waals surface area contributed by atoms with Crippen LogP contribution in [0.25, 0.3) is 10.9 Å². The number of rotatable bonds is 5. The summed E-state index contributed by atoms with van der Waals surface area (Å²) in [7, 11) is 0. The van der Waals surface area contributed by atoms with Gasteiger partial charge in [-0.3, -0.25) is 5.10 Å². The van der Waals surface area contributed by atoms with Gasteiger partial charge in [-0.1, -0.05) is 23.7 Å². The molecule has 112 valence electrons. The van der Waals surface area contributed by atoms with E-state index >= 15 is 0 Å². The SMILES string of the molecule is Clc1ccccc1Nc1ccc2c(NCC3CC3)n[nH]c2c1. The van der Waals surface area contributed by atoms with Gasteiger partial charge in [0.2, 0.25) is 0 Å². The molecule has 2 aromatic carbocycles. The fraction of sp³-hybridized carbons (Fsp3) is 0.235. The molecule has 0 aliphatic heterocycles. The number of aromatic amines is 1. The van der Waals surface area contributed by atoms with E-state index in [4.69, 9.17) is 11.6 Å². The molecule has 1 aliphatic carbocycles. The van der Waals surface area contributed by atoms with Crippen molar-refractivity contribution in [2.75, 3.05) is 17.2 Å². The Morgan fingerprint density at radius 1 is 1.18 bits per heavy atom. The fourth-order valence-electron chi connectivity index (χ4n) is 2.51. The number of hydrogen-bond acceptors (Lipinski definition) is 3. The van der Waals surface area contributed by atoms with Crippen LogP contribution in [0.1, 0.15) is 12.8 Å². The minimum atomic E-state index is 0.707. The van der Waals surface area contributed by atoms with Gasteiger partial charge in [0, 0.05) is 17.6 Å². The van der Waals surface area contributed by atoms with E-state index in [2.05, 4.69) is 26.9 Å². The summed E-state index contributed by atoms with van der Waals surface area (Å²) >= 11 is 6.18. The topological polar surface area (TPSA) is 52.7 Å². The van der Waals surface area contributed by atoms with Crippen molar-refractivity contribution >= 4 is 39.7 Å². The van der Waals surface area contributed by atoms with Gasteiger partial charge in [-0.25, -0.2) is 0 Å². The summed E-state index contributed by atoms with van der Waals surface area (Å²) < 4.78 is 0. The lowest BCUT2D eigenvalue weighted by Gasteiger charge is -2.08. The van der Waals surface area contributed by atoms with E-state index in [1.54, 1.807) is 0 Å². The smallest absolute Gasteiger partial charge is 0.155 e. The molecule has 0 spiro atoms. The highest BCUT2D eigenvalue weighted by atomic mass is 35.5. The Morgan fingerprint density at radius 2 is 2.05 bits per heavy atom. The molecule has 0 amide bonds. The molecule has 4 rings (SSSR count). The summed E-state index contributed by atoms with van der Waals surface area (Å²) in [5.41, 5.74) is 2.89. The number of aromatic nitrogens is 2. The summed E-state index contributed by atoms with van der Waals surface area (Å²) in [6.45, 7) is 1.01. The van der Waals surface area contributed by atoms with Crippen molar-refractivity contribution in [2.45, 2.75) is 12.8 Å². The molecule has 5 heteroatoms. The van der Waals surface area contributed by atoms with Crippen LogP contribution in [0.4, 0.5) is 17.2 Å². The Kier molecular flexibility index (Phi) is 3.39. The van der Waals surface area contributed by atoms with Gasteiger partial charge in [-0.2, -0.15) is 5.10 Å². The van der Waals surface area contributed by atoms with Crippen LogP contribution < -0.4 is 10.6 Å². The Labute approximate surface area is 133 Å². The molecule has 3 aromatic rings. The standard InChI is InChI=1S/C17H17ClN4/c18-14-3-1-2-4-15(14)20-12-7-8-13-16(9-12)21-22-17(13)19-10-11-5-6-11/h1-4,7-9,11,20H,5-6,10H2,(H2,19,21,22). The second kappa shape index (κ2) is 5.54. The molecule has 0 radical (unpaired) electrons. The first-order chi connectivity index (χ1) is 10.8. The lowest BCUT2D eigenvalue weighted by atomic mass is 10.2. The molecule has 22 heavy (non-hydrogen) atoms. The quantitative estimate of drug-likeness (QED) is 0.635. The molecule has 1 heterocycles. The third-order valence-electron chi connectivity index (χ3n) is 3.97. The molecule has 1 aromatic heterocycles. The highest BCUT2D eigenvalue weighted by Gasteiger charge is 2.21. The Bertz CT molecular complexity index is 807. The van der Waals surface area contributed by atoms with Crippen LogP contribution in [-0.2, 0) is 0 Å². The Morgan fingerprint density at radius 3 is 2.86 bits per heavy atom. The number of hydrogen-bond donors (Lipinski definition) is 3. The third-order valence-corrected chi connectivity index (χ3v) is 4.30. The first kappa shape index (κ1) is 13.5. The van der Waals surface area contributed by atoms with E-state index in [1.165, 1.54) is 12.8 Å². The van der Waals surface area contributed by atoms with Crippen LogP contribution in [0, 0.1) is 5.92 Å². The second-order valence-electron chi connectivity index (χ2n) is 5.76. The summed E-state index contributed by atoms with van der Waals surface area (Å²) in [5, 5.41) is 16.0. The lowest BCUT2D eigenvalue weighted by molar-refractivity contribution is 0.881. The van der Waals surface area contributed by atoms with Crippen LogP contribution in [0.5, 0.6) is 0 Å². The number of H-pyrrole nitrogens is 1. The monoisotopic (exact) mass is 312 g/mol. The predicted molar refractivity (Wildman–Crippen MR) is 92.0 cm³/mol. The van der Waals surface area contributed by atoms with Crippen LogP contribution in [0.15, 0.2) is 42.5 Å². The van der Waals surface area contributed by atoms with E-state index in [9.17, 15) is 0 Å². The van der Waals surface area contributed by atoms with Crippen LogP contribution >= 0.6 is 11.6 Å². The second-order valence-corrected chi connectivity index (χ2v) is 6.17. The maximum absolute atomic E-state index is 6.18. The molecular formula is C17H17ClN4.